The van der Waals surface area contributed by atoms with Gasteiger partial charge in [-0.1, -0.05) is 39.8 Å². The summed E-state index contributed by atoms with van der Waals surface area (Å²) in [6, 6.07) is 8.81. The first kappa shape index (κ1) is 22.5. The summed E-state index contributed by atoms with van der Waals surface area (Å²) < 4.78 is 40.1. The van der Waals surface area contributed by atoms with E-state index in [1.807, 2.05) is 19.1 Å². The number of anilines is 1. The highest BCUT2D eigenvalue weighted by molar-refractivity contribution is 5.99. The lowest BCUT2D eigenvalue weighted by Gasteiger charge is -2.23. The second kappa shape index (κ2) is 9.11. The summed E-state index contributed by atoms with van der Waals surface area (Å²) in [6.45, 7) is 8.02. The van der Waals surface area contributed by atoms with E-state index in [0.29, 0.717) is 18.5 Å². The number of halogens is 3. The molecule has 2 aromatic carbocycles. The van der Waals surface area contributed by atoms with Crippen LogP contribution in [0.2, 0.25) is 0 Å². The van der Waals surface area contributed by atoms with Crippen molar-refractivity contribution in [2.45, 2.75) is 39.5 Å². The lowest BCUT2D eigenvalue weighted by atomic mass is 9.86. The van der Waals surface area contributed by atoms with E-state index < -0.39 is 29.0 Å². The molecular formula is C22H25F3N2O2. The fourth-order valence-electron chi connectivity index (χ4n) is 2.80. The largest absolute Gasteiger partial charge is 0.329 e. The summed E-state index contributed by atoms with van der Waals surface area (Å²) in [6.07, 6.45) is 0.610. The molecule has 0 fully saturated rings. The molecule has 0 saturated heterocycles. The van der Waals surface area contributed by atoms with Crippen LogP contribution in [-0.2, 0) is 10.2 Å². The third kappa shape index (κ3) is 5.59. The van der Waals surface area contributed by atoms with Gasteiger partial charge in [0, 0.05) is 12.1 Å². The number of nitrogens with one attached hydrogen (secondary N) is 1. The SMILES string of the molecule is CCCN(CC(=O)Nc1ccc(F)c(F)c1F)C(=O)c1ccc(C(C)(C)C)cc1. The first-order chi connectivity index (χ1) is 13.5. The van der Waals surface area contributed by atoms with Crippen LogP contribution in [-0.4, -0.2) is 29.8 Å². The minimum absolute atomic E-state index is 0.0565. The summed E-state index contributed by atoms with van der Waals surface area (Å²) >= 11 is 0. The Balaban J connectivity index is 2.13. The van der Waals surface area contributed by atoms with E-state index in [4.69, 9.17) is 0 Å². The Hall–Kier alpha value is -2.83. The second-order valence-corrected chi connectivity index (χ2v) is 7.83. The predicted octanol–water partition coefficient (Wildman–Crippen LogP) is 4.89. The normalized spacial score (nSPS) is 11.3. The molecule has 0 spiro atoms. The van der Waals surface area contributed by atoms with Gasteiger partial charge in [0.1, 0.15) is 6.54 Å². The fourth-order valence-corrected chi connectivity index (χ4v) is 2.80. The molecule has 0 aromatic heterocycles. The van der Waals surface area contributed by atoms with Gasteiger partial charge in [-0.25, -0.2) is 13.2 Å². The molecule has 0 atom stereocenters. The number of hydrogen-bond donors (Lipinski definition) is 1. The Bertz CT molecular complexity index is 890. The van der Waals surface area contributed by atoms with Crippen LogP contribution in [0.4, 0.5) is 18.9 Å². The smallest absolute Gasteiger partial charge is 0.254 e. The van der Waals surface area contributed by atoms with Crippen molar-refractivity contribution >= 4 is 17.5 Å². The second-order valence-electron chi connectivity index (χ2n) is 7.83. The predicted molar refractivity (Wildman–Crippen MR) is 106 cm³/mol. The molecule has 0 aliphatic rings. The van der Waals surface area contributed by atoms with Crippen molar-refractivity contribution in [3.63, 3.8) is 0 Å². The average Bonchev–Trinajstić information content (AvgIpc) is 2.67. The molecule has 0 unspecified atom stereocenters. The quantitative estimate of drug-likeness (QED) is 0.695. The number of carbonyl (C=O) groups excluding carboxylic acids is 2. The molecule has 2 rings (SSSR count). The third-order valence-corrected chi connectivity index (χ3v) is 4.42. The molecule has 29 heavy (non-hydrogen) atoms. The van der Waals surface area contributed by atoms with Crippen molar-refractivity contribution < 1.29 is 22.8 Å². The van der Waals surface area contributed by atoms with Crippen molar-refractivity contribution in [1.82, 2.24) is 4.90 Å². The number of carbonyl (C=O) groups is 2. The van der Waals surface area contributed by atoms with Crippen LogP contribution < -0.4 is 5.32 Å². The van der Waals surface area contributed by atoms with Crippen LogP contribution in [0.25, 0.3) is 0 Å². The Morgan fingerprint density at radius 3 is 2.14 bits per heavy atom. The van der Waals surface area contributed by atoms with Gasteiger partial charge >= 0.3 is 0 Å². The van der Waals surface area contributed by atoms with Gasteiger partial charge in [0.15, 0.2) is 17.5 Å². The Labute approximate surface area is 168 Å². The number of rotatable bonds is 6. The molecule has 4 nitrogen and oxygen atoms in total. The molecule has 0 aliphatic heterocycles. The Morgan fingerprint density at radius 2 is 1.59 bits per heavy atom. The molecule has 0 aliphatic carbocycles. The first-order valence-corrected chi connectivity index (χ1v) is 9.37. The molecule has 7 heteroatoms. The van der Waals surface area contributed by atoms with Gasteiger partial charge in [-0.2, -0.15) is 0 Å². The van der Waals surface area contributed by atoms with Crippen LogP contribution in [0.3, 0.4) is 0 Å². The molecule has 156 valence electrons. The van der Waals surface area contributed by atoms with Gasteiger partial charge in [0.05, 0.1) is 5.69 Å². The zero-order valence-corrected chi connectivity index (χ0v) is 17.0. The van der Waals surface area contributed by atoms with Crippen molar-refractivity contribution in [1.29, 1.82) is 0 Å². The maximum Gasteiger partial charge on any atom is 0.254 e. The minimum atomic E-state index is -1.66. The van der Waals surface area contributed by atoms with Gasteiger partial charge in [-0.3, -0.25) is 9.59 Å². The zero-order chi connectivity index (χ0) is 21.8. The molecular weight excluding hydrogens is 381 g/mol. The van der Waals surface area contributed by atoms with E-state index >= 15 is 0 Å². The highest BCUT2D eigenvalue weighted by atomic mass is 19.2. The monoisotopic (exact) mass is 406 g/mol. The van der Waals surface area contributed by atoms with Crippen LogP contribution in [0, 0.1) is 17.5 Å². The van der Waals surface area contributed by atoms with E-state index in [0.717, 1.165) is 17.7 Å². The minimum Gasteiger partial charge on any atom is -0.329 e. The Morgan fingerprint density at radius 1 is 0.966 bits per heavy atom. The zero-order valence-electron chi connectivity index (χ0n) is 17.0. The van der Waals surface area contributed by atoms with Crippen molar-refractivity contribution in [3.05, 3.63) is 65.0 Å². The first-order valence-electron chi connectivity index (χ1n) is 9.37. The highest BCUT2D eigenvalue weighted by Crippen LogP contribution is 2.23. The van der Waals surface area contributed by atoms with Crippen LogP contribution in [0.15, 0.2) is 36.4 Å². The molecule has 0 bridgehead atoms. The topological polar surface area (TPSA) is 49.4 Å². The van der Waals surface area contributed by atoms with Gasteiger partial charge in [0.25, 0.3) is 5.91 Å². The van der Waals surface area contributed by atoms with Gasteiger partial charge in [-0.15, -0.1) is 0 Å². The van der Waals surface area contributed by atoms with Gasteiger partial charge in [0.2, 0.25) is 5.91 Å². The summed E-state index contributed by atoms with van der Waals surface area (Å²) in [5.74, 6) is -5.54. The fraction of sp³-hybridized carbons (Fsp3) is 0.364. The molecule has 2 amide bonds. The van der Waals surface area contributed by atoms with Crippen LogP contribution in [0.5, 0.6) is 0 Å². The average molecular weight is 406 g/mol. The summed E-state index contributed by atoms with van der Waals surface area (Å²) in [5.41, 5.74) is 0.965. The van der Waals surface area contributed by atoms with Gasteiger partial charge < -0.3 is 10.2 Å². The molecule has 2 aromatic rings. The van der Waals surface area contributed by atoms with E-state index in [2.05, 4.69) is 26.1 Å². The summed E-state index contributed by atoms with van der Waals surface area (Å²) in [7, 11) is 0. The van der Waals surface area contributed by atoms with Crippen molar-refractivity contribution in [3.8, 4) is 0 Å². The maximum atomic E-state index is 13.8. The molecule has 0 heterocycles. The lowest BCUT2D eigenvalue weighted by molar-refractivity contribution is -0.116. The highest BCUT2D eigenvalue weighted by Gasteiger charge is 2.21. The number of benzene rings is 2. The summed E-state index contributed by atoms with van der Waals surface area (Å²) in [4.78, 5) is 26.4. The van der Waals surface area contributed by atoms with Crippen LogP contribution in [0.1, 0.15) is 50.0 Å². The lowest BCUT2D eigenvalue weighted by Crippen LogP contribution is -2.38. The maximum absolute atomic E-state index is 13.8. The number of hydrogen-bond acceptors (Lipinski definition) is 2. The Kier molecular flexibility index (Phi) is 7.06. The van der Waals surface area contributed by atoms with E-state index in [1.54, 1.807) is 12.1 Å². The molecule has 1 N–H and O–H groups in total. The van der Waals surface area contributed by atoms with E-state index in [9.17, 15) is 22.8 Å². The van der Waals surface area contributed by atoms with Crippen molar-refractivity contribution in [2.75, 3.05) is 18.4 Å². The number of nitrogens with zero attached hydrogens (tertiary/aromatic N) is 1. The van der Waals surface area contributed by atoms with Gasteiger partial charge in [-0.05, 0) is 41.7 Å². The number of amides is 2. The summed E-state index contributed by atoms with van der Waals surface area (Å²) in [5, 5.41) is 2.19. The van der Waals surface area contributed by atoms with Crippen molar-refractivity contribution in [2.24, 2.45) is 0 Å². The van der Waals surface area contributed by atoms with Crippen LogP contribution >= 0.6 is 0 Å². The molecule has 0 radical (unpaired) electrons. The van der Waals surface area contributed by atoms with E-state index in [-0.39, 0.29) is 17.9 Å². The molecule has 0 saturated carbocycles. The van der Waals surface area contributed by atoms with E-state index in [1.165, 1.54) is 4.90 Å². The third-order valence-electron chi connectivity index (χ3n) is 4.42. The standard InChI is InChI=1S/C22H25F3N2O2/c1-5-12-27(21(29)14-6-8-15(9-7-14)22(2,3)4)13-18(28)26-17-11-10-16(23)19(24)20(17)25/h6-11H,5,12-13H2,1-4H3,(H,26,28).